The summed E-state index contributed by atoms with van der Waals surface area (Å²) in [5.41, 5.74) is 6.65. The van der Waals surface area contributed by atoms with Gasteiger partial charge in [0.05, 0.1) is 17.4 Å². The number of pyridine rings is 1. The van der Waals surface area contributed by atoms with Crippen LogP contribution >= 0.6 is 0 Å². The number of nitrogens with zero attached hydrogens (tertiary/aromatic N) is 2. The Morgan fingerprint density at radius 3 is 2.67 bits per heavy atom. The average molecular weight is 357 g/mol. The van der Waals surface area contributed by atoms with Crippen molar-refractivity contribution in [3.8, 4) is 0 Å². The van der Waals surface area contributed by atoms with Crippen LogP contribution in [0.2, 0.25) is 0 Å². The van der Waals surface area contributed by atoms with E-state index in [0.717, 1.165) is 30.8 Å². The van der Waals surface area contributed by atoms with E-state index >= 15 is 0 Å². The molecule has 136 valence electrons. The van der Waals surface area contributed by atoms with Crippen molar-refractivity contribution >= 4 is 11.6 Å². The SMILES string of the molecule is Cc1ccc(CNC(=O)c2cncc(N3CCc4ccccc4C3)c2)cc1. The summed E-state index contributed by atoms with van der Waals surface area (Å²) >= 11 is 0. The number of fused-ring (bicyclic) bond motifs is 1. The zero-order chi connectivity index (χ0) is 18.6. The van der Waals surface area contributed by atoms with Crippen molar-refractivity contribution in [2.24, 2.45) is 0 Å². The first-order valence-corrected chi connectivity index (χ1v) is 9.29. The van der Waals surface area contributed by atoms with Gasteiger partial charge in [-0.05, 0) is 36.1 Å². The maximum Gasteiger partial charge on any atom is 0.253 e. The molecule has 0 fully saturated rings. The van der Waals surface area contributed by atoms with Gasteiger partial charge in [-0.15, -0.1) is 0 Å². The first-order chi connectivity index (χ1) is 13.2. The summed E-state index contributed by atoms with van der Waals surface area (Å²) in [5.74, 6) is -0.0951. The lowest BCUT2D eigenvalue weighted by molar-refractivity contribution is 0.0950. The van der Waals surface area contributed by atoms with Crippen molar-refractivity contribution < 1.29 is 4.79 Å². The summed E-state index contributed by atoms with van der Waals surface area (Å²) < 4.78 is 0. The number of benzene rings is 2. The predicted molar refractivity (Wildman–Crippen MR) is 108 cm³/mol. The molecule has 1 amide bonds. The van der Waals surface area contributed by atoms with E-state index in [4.69, 9.17) is 0 Å². The van der Waals surface area contributed by atoms with Crippen LogP contribution in [0.15, 0.2) is 67.0 Å². The zero-order valence-electron chi connectivity index (χ0n) is 15.5. The van der Waals surface area contributed by atoms with Crippen molar-refractivity contribution in [1.82, 2.24) is 10.3 Å². The third kappa shape index (κ3) is 4.00. The molecule has 1 aromatic heterocycles. The van der Waals surface area contributed by atoms with E-state index in [-0.39, 0.29) is 5.91 Å². The zero-order valence-corrected chi connectivity index (χ0v) is 15.5. The molecule has 0 radical (unpaired) electrons. The highest BCUT2D eigenvalue weighted by atomic mass is 16.1. The molecular weight excluding hydrogens is 334 g/mol. The highest BCUT2D eigenvalue weighted by Gasteiger charge is 2.17. The molecule has 0 saturated heterocycles. The number of amides is 1. The van der Waals surface area contributed by atoms with Gasteiger partial charge in [0.2, 0.25) is 0 Å². The van der Waals surface area contributed by atoms with Gasteiger partial charge in [0.1, 0.15) is 0 Å². The topological polar surface area (TPSA) is 45.2 Å². The molecule has 0 saturated carbocycles. The summed E-state index contributed by atoms with van der Waals surface area (Å²) in [6, 6.07) is 18.7. The Labute approximate surface area is 159 Å². The van der Waals surface area contributed by atoms with Crippen LogP contribution in [0.25, 0.3) is 0 Å². The summed E-state index contributed by atoms with van der Waals surface area (Å²) in [5, 5.41) is 2.98. The molecule has 4 nitrogen and oxygen atoms in total. The molecule has 0 atom stereocenters. The first kappa shape index (κ1) is 17.3. The Balaban J connectivity index is 1.44. The normalized spacial score (nSPS) is 13.1. The maximum atomic E-state index is 12.5. The smallest absolute Gasteiger partial charge is 0.253 e. The molecule has 0 bridgehead atoms. The van der Waals surface area contributed by atoms with Gasteiger partial charge in [0.25, 0.3) is 5.91 Å². The minimum Gasteiger partial charge on any atom is -0.366 e. The highest BCUT2D eigenvalue weighted by Crippen LogP contribution is 2.24. The summed E-state index contributed by atoms with van der Waals surface area (Å²) in [7, 11) is 0. The molecule has 1 aliphatic rings. The molecule has 2 heterocycles. The average Bonchev–Trinajstić information content (AvgIpc) is 2.73. The van der Waals surface area contributed by atoms with Gasteiger partial charge >= 0.3 is 0 Å². The lowest BCUT2D eigenvalue weighted by atomic mass is 9.99. The summed E-state index contributed by atoms with van der Waals surface area (Å²) in [6.07, 6.45) is 4.48. The third-order valence-electron chi connectivity index (χ3n) is 5.06. The fraction of sp³-hybridized carbons (Fsp3) is 0.217. The van der Waals surface area contributed by atoms with Gasteiger partial charge in [-0.1, -0.05) is 54.1 Å². The van der Waals surface area contributed by atoms with Crippen LogP contribution in [-0.4, -0.2) is 17.4 Å². The van der Waals surface area contributed by atoms with E-state index in [1.54, 1.807) is 6.20 Å². The van der Waals surface area contributed by atoms with Gasteiger partial charge in [-0.3, -0.25) is 9.78 Å². The number of anilines is 1. The van der Waals surface area contributed by atoms with E-state index in [9.17, 15) is 4.79 Å². The Hall–Kier alpha value is -3.14. The van der Waals surface area contributed by atoms with Crippen LogP contribution in [0, 0.1) is 6.92 Å². The molecule has 2 aromatic carbocycles. The number of carbonyl (C=O) groups excluding carboxylic acids is 1. The highest BCUT2D eigenvalue weighted by molar-refractivity contribution is 5.94. The van der Waals surface area contributed by atoms with E-state index in [2.05, 4.69) is 58.5 Å². The summed E-state index contributed by atoms with van der Waals surface area (Å²) in [6.45, 7) is 4.36. The largest absolute Gasteiger partial charge is 0.366 e. The molecule has 1 N–H and O–H groups in total. The van der Waals surface area contributed by atoms with Gasteiger partial charge in [-0.25, -0.2) is 0 Å². The van der Waals surface area contributed by atoms with Gasteiger partial charge in [0.15, 0.2) is 0 Å². The quantitative estimate of drug-likeness (QED) is 0.771. The van der Waals surface area contributed by atoms with Crippen molar-refractivity contribution in [3.05, 3.63) is 94.8 Å². The van der Waals surface area contributed by atoms with Crippen LogP contribution in [0.5, 0.6) is 0 Å². The fourth-order valence-electron chi connectivity index (χ4n) is 3.43. The standard InChI is InChI=1S/C23H23N3O/c1-17-6-8-18(9-7-17)13-25-23(27)21-12-22(15-24-14-21)26-11-10-19-4-2-3-5-20(19)16-26/h2-9,12,14-15H,10-11,13,16H2,1H3,(H,25,27). The van der Waals surface area contributed by atoms with Crippen LogP contribution in [0.1, 0.15) is 32.6 Å². The second kappa shape index (κ2) is 7.62. The van der Waals surface area contributed by atoms with Crippen molar-refractivity contribution in [2.75, 3.05) is 11.4 Å². The number of nitrogens with one attached hydrogen (secondary N) is 1. The van der Waals surface area contributed by atoms with Crippen molar-refractivity contribution in [2.45, 2.75) is 26.4 Å². The Morgan fingerprint density at radius 2 is 1.85 bits per heavy atom. The van der Waals surface area contributed by atoms with Gasteiger partial charge in [-0.2, -0.15) is 0 Å². The Bertz CT molecular complexity index is 950. The number of hydrogen-bond acceptors (Lipinski definition) is 3. The predicted octanol–water partition coefficient (Wildman–Crippen LogP) is 3.88. The molecule has 4 heteroatoms. The Morgan fingerprint density at radius 1 is 1.07 bits per heavy atom. The second-order valence-corrected chi connectivity index (χ2v) is 7.04. The molecule has 0 spiro atoms. The summed E-state index contributed by atoms with van der Waals surface area (Å²) in [4.78, 5) is 19.1. The molecule has 1 aliphatic heterocycles. The second-order valence-electron chi connectivity index (χ2n) is 7.04. The van der Waals surface area contributed by atoms with E-state index < -0.39 is 0 Å². The minimum absolute atomic E-state index is 0.0951. The molecule has 4 rings (SSSR count). The van der Waals surface area contributed by atoms with Gasteiger partial charge < -0.3 is 10.2 Å². The minimum atomic E-state index is -0.0951. The number of aromatic nitrogens is 1. The Kier molecular flexibility index (Phi) is 4.88. The number of rotatable bonds is 4. The number of carbonyl (C=O) groups is 1. The lowest BCUT2D eigenvalue weighted by Gasteiger charge is -2.30. The monoisotopic (exact) mass is 357 g/mol. The number of hydrogen-bond donors (Lipinski definition) is 1. The van der Waals surface area contributed by atoms with E-state index in [1.165, 1.54) is 16.7 Å². The molecule has 27 heavy (non-hydrogen) atoms. The van der Waals surface area contributed by atoms with Gasteiger partial charge in [0, 0.05) is 25.8 Å². The fourth-order valence-corrected chi connectivity index (χ4v) is 3.43. The first-order valence-electron chi connectivity index (χ1n) is 9.29. The molecule has 0 aliphatic carbocycles. The van der Waals surface area contributed by atoms with Crippen molar-refractivity contribution in [1.29, 1.82) is 0 Å². The molecule has 3 aromatic rings. The van der Waals surface area contributed by atoms with E-state index in [0.29, 0.717) is 12.1 Å². The third-order valence-corrected chi connectivity index (χ3v) is 5.06. The number of aryl methyl sites for hydroxylation is 1. The van der Waals surface area contributed by atoms with Crippen molar-refractivity contribution in [3.63, 3.8) is 0 Å². The maximum absolute atomic E-state index is 12.5. The molecular formula is C23H23N3O. The van der Waals surface area contributed by atoms with Crippen LogP contribution in [0.3, 0.4) is 0 Å². The lowest BCUT2D eigenvalue weighted by Crippen LogP contribution is -2.31. The van der Waals surface area contributed by atoms with Crippen LogP contribution in [0.4, 0.5) is 5.69 Å². The molecule has 0 unspecified atom stereocenters. The van der Waals surface area contributed by atoms with Crippen LogP contribution < -0.4 is 10.2 Å². The van der Waals surface area contributed by atoms with Crippen LogP contribution in [-0.2, 0) is 19.5 Å². The van der Waals surface area contributed by atoms with E-state index in [1.807, 2.05) is 24.4 Å².